The molecular weight excluding hydrogens is 410 g/mol. The number of fused-ring (bicyclic) bond motifs is 1. The van der Waals surface area contributed by atoms with Crippen LogP contribution in [0.15, 0.2) is 67.1 Å². The maximum Gasteiger partial charge on any atom is 0.143 e. The molecule has 0 spiro atoms. The Balaban J connectivity index is 1.61. The number of ether oxygens (including phenoxy) is 2. The number of rotatable bonds is 6. The van der Waals surface area contributed by atoms with Crippen molar-refractivity contribution >= 4 is 10.9 Å². The summed E-state index contributed by atoms with van der Waals surface area (Å²) in [5.74, 6) is 2.36. The summed E-state index contributed by atoms with van der Waals surface area (Å²) < 4.78 is 13.5. The van der Waals surface area contributed by atoms with Gasteiger partial charge in [-0.3, -0.25) is 4.98 Å². The number of nitrogens with zero attached hydrogens (tertiary/aromatic N) is 2. The Morgan fingerprint density at radius 1 is 1.00 bits per heavy atom. The summed E-state index contributed by atoms with van der Waals surface area (Å²) in [6.07, 6.45) is 8.64. The molecule has 2 aromatic carbocycles. The Morgan fingerprint density at radius 3 is 2.55 bits per heavy atom. The van der Waals surface area contributed by atoms with Crippen LogP contribution in [0.5, 0.6) is 11.5 Å². The second-order valence-electron chi connectivity index (χ2n) is 8.84. The highest BCUT2D eigenvalue weighted by Gasteiger charge is 2.25. The first-order chi connectivity index (χ1) is 16.2. The Labute approximate surface area is 195 Å². The van der Waals surface area contributed by atoms with Gasteiger partial charge in [0.15, 0.2) is 0 Å². The largest absolute Gasteiger partial charge is 0.497 e. The van der Waals surface area contributed by atoms with Gasteiger partial charge in [0.05, 0.1) is 19.7 Å². The van der Waals surface area contributed by atoms with E-state index in [1.54, 1.807) is 14.2 Å². The summed E-state index contributed by atoms with van der Waals surface area (Å²) in [4.78, 5) is 4.59. The summed E-state index contributed by atoms with van der Waals surface area (Å²) >= 11 is 0. The highest BCUT2D eigenvalue weighted by Crippen LogP contribution is 2.40. The van der Waals surface area contributed by atoms with E-state index < -0.39 is 0 Å². The summed E-state index contributed by atoms with van der Waals surface area (Å²) in [5, 5.41) is 4.76. The van der Waals surface area contributed by atoms with E-state index in [1.165, 1.54) is 23.8 Å². The lowest BCUT2D eigenvalue weighted by atomic mass is 9.92. The first-order valence-corrected chi connectivity index (χ1v) is 11.7. The van der Waals surface area contributed by atoms with Crippen molar-refractivity contribution in [2.75, 3.05) is 27.3 Å². The molecule has 1 fully saturated rings. The minimum Gasteiger partial charge on any atom is -0.497 e. The van der Waals surface area contributed by atoms with Gasteiger partial charge in [0.1, 0.15) is 11.5 Å². The third kappa shape index (κ3) is 4.09. The first kappa shape index (κ1) is 21.5. The van der Waals surface area contributed by atoms with Crippen molar-refractivity contribution in [3.8, 4) is 33.8 Å². The van der Waals surface area contributed by atoms with Gasteiger partial charge in [0.25, 0.3) is 0 Å². The average molecular weight is 442 g/mol. The highest BCUT2D eigenvalue weighted by atomic mass is 16.5. The molecule has 5 heteroatoms. The van der Waals surface area contributed by atoms with E-state index in [1.807, 2.05) is 24.5 Å². The lowest BCUT2D eigenvalue weighted by molar-refractivity contribution is 0.283. The van der Waals surface area contributed by atoms with E-state index in [0.29, 0.717) is 12.0 Å². The molecule has 2 aromatic heterocycles. The van der Waals surface area contributed by atoms with Gasteiger partial charge in [-0.1, -0.05) is 24.3 Å². The van der Waals surface area contributed by atoms with Gasteiger partial charge in [-0.15, -0.1) is 0 Å². The molecule has 0 aliphatic carbocycles. The Morgan fingerprint density at radius 2 is 1.82 bits per heavy atom. The van der Waals surface area contributed by atoms with Crippen molar-refractivity contribution in [3.63, 3.8) is 0 Å². The van der Waals surface area contributed by atoms with Crippen LogP contribution in [-0.4, -0.2) is 36.9 Å². The molecule has 5 nitrogen and oxygen atoms in total. The third-order valence-electron chi connectivity index (χ3n) is 6.96. The van der Waals surface area contributed by atoms with Crippen molar-refractivity contribution in [1.82, 2.24) is 14.9 Å². The highest BCUT2D eigenvalue weighted by molar-refractivity contribution is 5.99. The van der Waals surface area contributed by atoms with Crippen molar-refractivity contribution in [2.24, 2.45) is 5.92 Å². The van der Waals surface area contributed by atoms with Crippen LogP contribution in [0.25, 0.3) is 33.2 Å². The van der Waals surface area contributed by atoms with Crippen LogP contribution < -0.4 is 14.8 Å². The molecule has 2 atom stereocenters. The predicted octanol–water partition coefficient (Wildman–Crippen LogP) is 5.95. The molecular formula is C28H31N3O2. The molecule has 1 N–H and O–H groups in total. The minimum atomic E-state index is 0.364. The molecule has 1 aliphatic heterocycles. The molecule has 5 rings (SSSR count). The monoisotopic (exact) mass is 441 g/mol. The second-order valence-corrected chi connectivity index (χ2v) is 8.84. The number of methoxy groups -OCH3 is 2. The fourth-order valence-corrected chi connectivity index (χ4v) is 5.04. The number of hydrogen-bond acceptors (Lipinski definition) is 4. The van der Waals surface area contributed by atoms with Crippen molar-refractivity contribution < 1.29 is 9.47 Å². The maximum atomic E-state index is 5.81. The van der Waals surface area contributed by atoms with E-state index in [0.717, 1.165) is 46.8 Å². The molecule has 1 aliphatic rings. The third-order valence-corrected chi connectivity index (χ3v) is 6.96. The SMILES string of the molecule is COc1ccc(-c2cncc(-c3cn(C(C)C4CCCNC4)c4c(OC)cccc34)c2)cc1. The molecule has 2 unspecified atom stereocenters. The van der Waals surface area contributed by atoms with Gasteiger partial charge in [-0.25, -0.2) is 0 Å². The number of pyridine rings is 1. The molecule has 1 saturated heterocycles. The normalized spacial score (nSPS) is 17.1. The molecule has 0 bridgehead atoms. The summed E-state index contributed by atoms with van der Waals surface area (Å²) in [5.41, 5.74) is 5.65. The van der Waals surface area contributed by atoms with Gasteiger partial charge in [-0.05, 0) is 68.6 Å². The van der Waals surface area contributed by atoms with Crippen LogP contribution in [0.3, 0.4) is 0 Å². The number of piperidine rings is 1. The van der Waals surface area contributed by atoms with Crippen molar-refractivity contribution in [1.29, 1.82) is 0 Å². The number of para-hydroxylation sites is 1. The van der Waals surface area contributed by atoms with Gasteiger partial charge >= 0.3 is 0 Å². The van der Waals surface area contributed by atoms with Crippen molar-refractivity contribution in [2.45, 2.75) is 25.8 Å². The van der Waals surface area contributed by atoms with Gasteiger partial charge in [0.2, 0.25) is 0 Å². The van der Waals surface area contributed by atoms with Gasteiger partial charge in [0, 0.05) is 46.7 Å². The van der Waals surface area contributed by atoms with E-state index in [-0.39, 0.29) is 0 Å². The number of aromatic nitrogens is 2. The van der Waals surface area contributed by atoms with E-state index in [4.69, 9.17) is 9.47 Å². The quantitative estimate of drug-likeness (QED) is 0.402. The predicted molar refractivity (Wildman–Crippen MR) is 134 cm³/mol. The fraction of sp³-hybridized carbons (Fsp3) is 0.321. The van der Waals surface area contributed by atoms with Crippen LogP contribution in [-0.2, 0) is 0 Å². The van der Waals surface area contributed by atoms with E-state index in [2.05, 4.69) is 64.4 Å². The zero-order valence-corrected chi connectivity index (χ0v) is 19.5. The zero-order chi connectivity index (χ0) is 22.8. The van der Waals surface area contributed by atoms with Crippen molar-refractivity contribution in [3.05, 3.63) is 67.1 Å². The second kappa shape index (κ2) is 9.28. The molecule has 0 saturated carbocycles. The van der Waals surface area contributed by atoms with E-state index in [9.17, 15) is 0 Å². The fourth-order valence-electron chi connectivity index (χ4n) is 5.04. The topological polar surface area (TPSA) is 48.3 Å². The zero-order valence-electron chi connectivity index (χ0n) is 19.5. The Bertz CT molecular complexity index is 1240. The van der Waals surface area contributed by atoms with Crippen LogP contribution in [0.4, 0.5) is 0 Å². The van der Waals surface area contributed by atoms with Crippen LogP contribution in [0.1, 0.15) is 25.8 Å². The number of nitrogens with one attached hydrogen (secondary N) is 1. The maximum absolute atomic E-state index is 5.81. The standard InChI is InChI=1S/C28H31N3O2/c1-19(21-6-5-13-29-15-21)31-18-26(25-7-4-8-27(33-3)28(25)31)23-14-22(16-30-17-23)20-9-11-24(32-2)12-10-20/h4,7-12,14,16-19,21,29H,5-6,13,15H2,1-3H3. The smallest absolute Gasteiger partial charge is 0.143 e. The molecule has 0 radical (unpaired) electrons. The van der Waals surface area contributed by atoms with E-state index >= 15 is 0 Å². The summed E-state index contributed by atoms with van der Waals surface area (Å²) in [6, 6.07) is 17.0. The van der Waals surface area contributed by atoms with Gasteiger partial charge < -0.3 is 19.4 Å². The average Bonchev–Trinajstić information content (AvgIpc) is 3.29. The molecule has 3 heterocycles. The lowest BCUT2D eigenvalue weighted by Crippen LogP contribution is -2.34. The summed E-state index contributed by atoms with van der Waals surface area (Å²) in [6.45, 7) is 4.51. The summed E-state index contributed by atoms with van der Waals surface area (Å²) in [7, 11) is 3.44. The first-order valence-electron chi connectivity index (χ1n) is 11.7. The van der Waals surface area contributed by atoms with Crippen LogP contribution >= 0.6 is 0 Å². The number of benzene rings is 2. The Hall–Kier alpha value is -3.31. The number of hydrogen-bond donors (Lipinski definition) is 1. The lowest BCUT2D eigenvalue weighted by Gasteiger charge is -2.30. The molecule has 0 amide bonds. The molecule has 4 aromatic rings. The molecule has 33 heavy (non-hydrogen) atoms. The minimum absolute atomic E-state index is 0.364. The van der Waals surface area contributed by atoms with Gasteiger partial charge in [-0.2, -0.15) is 0 Å². The van der Waals surface area contributed by atoms with Crippen LogP contribution in [0.2, 0.25) is 0 Å². The molecule has 170 valence electrons. The van der Waals surface area contributed by atoms with Crippen LogP contribution in [0, 0.1) is 5.92 Å². The Kier molecular flexibility index (Phi) is 6.05.